The highest BCUT2D eigenvalue weighted by atomic mass is 16.5. The number of ether oxygens (including phenoxy) is 2. The molecule has 3 aliphatic rings. The van der Waals surface area contributed by atoms with Crippen LogP contribution < -0.4 is 10.1 Å². The van der Waals surface area contributed by atoms with E-state index in [0.717, 1.165) is 56.0 Å². The lowest BCUT2D eigenvalue weighted by atomic mass is 10.0. The predicted molar refractivity (Wildman–Crippen MR) is 77.7 cm³/mol. The molecule has 112 valence electrons. The number of rotatable bonds is 1. The molecule has 3 heterocycles. The number of hydrogen-bond acceptors (Lipinski definition) is 4. The summed E-state index contributed by atoms with van der Waals surface area (Å²) in [5.74, 6) is 1.03. The van der Waals surface area contributed by atoms with E-state index in [-0.39, 0.29) is 18.1 Å². The molecule has 0 saturated carbocycles. The molecule has 0 aromatic heterocycles. The van der Waals surface area contributed by atoms with Crippen molar-refractivity contribution in [3.63, 3.8) is 0 Å². The summed E-state index contributed by atoms with van der Waals surface area (Å²) in [6.07, 6.45) is 2.16. The zero-order valence-electron chi connectivity index (χ0n) is 12.0. The summed E-state index contributed by atoms with van der Waals surface area (Å²) < 4.78 is 11.3. The van der Waals surface area contributed by atoms with E-state index in [2.05, 4.69) is 5.32 Å². The normalized spacial score (nSPS) is 27.7. The molecule has 1 aromatic rings. The van der Waals surface area contributed by atoms with Gasteiger partial charge in [-0.15, -0.1) is 0 Å². The summed E-state index contributed by atoms with van der Waals surface area (Å²) in [5, 5.41) is 3.43. The molecule has 0 bridgehead atoms. The Morgan fingerprint density at radius 3 is 3.14 bits per heavy atom. The Hall–Kier alpha value is -1.59. The molecule has 4 rings (SSSR count). The third kappa shape index (κ3) is 2.40. The Balaban J connectivity index is 1.52. The van der Waals surface area contributed by atoms with Crippen molar-refractivity contribution in [1.29, 1.82) is 0 Å². The smallest absolute Gasteiger partial charge is 0.254 e. The quantitative estimate of drug-likeness (QED) is 0.831. The molecule has 0 aliphatic carbocycles. The van der Waals surface area contributed by atoms with Crippen molar-refractivity contribution in [2.75, 3.05) is 32.8 Å². The van der Waals surface area contributed by atoms with Crippen LogP contribution >= 0.6 is 0 Å². The Kier molecular flexibility index (Phi) is 3.31. The molecular weight excluding hydrogens is 268 g/mol. The minimum Gasteiger partial charge on any atom is -0.493 e. The van der Waals surface area contributed by atoms with Gasteiger partial charge < -0.3 is 19.7 Å². The molecule has 1 amide bonds. The van der Waals surface area contributed by atoms with Crippen LogP contribution in [0.1, 0.15) is 22.3 Å². The first kappa shape index (κ1) is 13.1. The fourth-order valence-corrected chi connectivity index (χ4v) is 3.44. The van der Waals surface area contributed by atoms with E-state index in [4.69, 9.17) is 9.47 Å². The highest BCUT2D eigenvalue weighted by Gasteiger charge is 2.37. The van der Waals surface area contributed by atoms with Gasteiger partial charge in [-0.05, 0) is 36.6 Å². The summed E-state index contributed by atoms with van der Waals surface area (Å²) in [4.78, 5) is 14.6. The van der Waals surface area contributed by atoms with E-state index in [1.807, 2.05) is 23.1 Å². The number of hydrogen-bond donors (Lipinski definition) is 1. The first-order valence-electron chi connectivity index (χ1n) is 7.71. The number of benzene rings is 1. The van der Waals surface area contributed by atoms with Gasteiger partial charge in [0.1, 0.15) is 5.75 Å². The van der Waals surface area contributed by atoms with Crippen molar-refractivity contribution in [2.24, 2.45) is 0 Å². The van der Waals surface area contributed by atoms with E-state index in [1.54, 1.807) is 0 Å². The molecule has 5 heteroatoms. The number of carbonyl (C=O) groups is 1. The Bertz CT molecular complexity index is 546. The number of fused-ring (bicyclic) bond motifs is 2. The highest BCUT2D eigenvalue weighted by Crippen LogP contribution is 2.27. The zero-order chi connectivity index (χ0) is 14.2. The molecule has 0 unspecified atom stereocenters. The fourth-order valence-electron chi connectivity index (χ4n) is 3.44. The first-order chi connectivity index (χ1) is 10.3. The average Bonchev–Trinajstić information content (AvgIpc) is 2.97. The molecule has 2 fully saturated rings. The van der Waals surface area contributed by atoms with Gasteiger partial charge in [0.2, 0.25) is 0 Å². The third-order valence-electron chi connectivity index (χ3n) is 4.55. The van der Waals surface area contributed by atoms with Gasteiger partial charge in [-0.25, -0.2) is 0 Å². The second kappa shape index (κ2) is 5.31. The van der Waals surface area contributed by atoms with E-state index in [1.165, 1.54) is 0 Å². The molecule has 0 spiro atoms. The largest absolute Gasteiger partial charge is 0.493 e. The summed E-state index contributed by atoms with van der Waals surface area (Å²) in [7, 11) is 0. The van der Waals surface area contributed by atoms with E-state index in [0.29, 0.717) is 6.54 Å². The summed E-state index contributed by atoms with van der Waals surface area (Å²) in [5.41, 5.74) is 1.91. The summed E-state index contributed by atoms with van der Waals surface area (Å²) in [6, 6.07) is 6.08. The fraction of sp³-hybridized carbons (Fsp3) is 0.562. The van der Waals surface area contributed by atoms with Crippen molar-refractivity contribution < 1.29 is 14.3 Å². The molecule has 0 radical (unpaired) electrons. The number of carbonyl (C=O) groups excluding carboxylic acids is 1. The predicted octanol–water partition coefficient (Wildman–Crippen LogP) is 0.824. The molecule has 2 atom stereocenters. The van der Waals surface area contributed by atoms with Gasteiger partial charge in [-0.3, -0.25) is 4.79 Å². The average molecular weight is 288 g/mol. The van der Waals surface area contributed by atoms with Gasteiger partial charge in [0, 0.05) is 25.2 Å². The monoisotopic (exact) mass is 288 g/mol. The maximum Gasteiger partial charge on any atom is 0.254 e. The van der Waals surface area contributed by atoms with E-state index in [9.17, 15) is 4.79 Å². The van der Waals surface area contributed by atoms with Crippen molar-refractivity contribution >= 4 is 5.91 Å². The molecule has 2 saturated heterocycles. The maximum absolute atomic E-state index is 12.7. The van der Waals surface area contributed by atoms with Crippen molar-refractivity contribution in [3.8, 4) is 5.75 Å². The van der Waals surface area contributed by atoms with Crippen LogP contribution in [0.25, 0.3) is 0 Å². The van der Waals surface area contributed by atoms with Crippen molar-refractivity contribution in [3.05, 3.63) is 29.3 Å². The number of likely N-dealkylation sites (tertiary alicyclic amines) is 1. The van der Waals surface area contributed by atoms with Crippen LogP contribution in [-0.2, 0) is 11.2 Å². The topological polar surface area (TPSA) is 50.8 Å². The molecule has 3 aliphatic heterocycles. The standard InChI is InChI=1S/C16H20N2O3/c19-16(18-9-13-15(10-18)21-7-5-17-13)12-3-4-14-11(8-12)2-1-6-20-14/h3-4,8,13,15,17H,1-2,5-7,9-10H2/t13-,15-/m0/s1. The van der Waals surface area contributed by atoms with Crippen LogP contribution in [0.4, 0.5) is 0 Å². The second-order valence-corrected chi connectivity index (χ2v) is 5.95. The summed E-state index contributed by atoms with van der Waals surface area (Å²) in [6.45, 7) is 3.80. The second-order valence-electron chi connectivity index (χ2n) is 5.95. The van der Waals surface area contributed by atoms with Gasteiger partial charge in [0.05, 0.1) is 25.4 Å². The van der Waals surface area contributed by atoms with Gasteiger partial charge in [-0.2, -0.15) is 0 Å². The molecule has 1 aromatic carbocycles. The van der Waals surface area contributed by atoms with Gasteiger partial charge in [0.15, 0.2) is 0 Å². The lowest BCUT2D eigenvalue weighted by molar-refractivity contribution is 0.0176. The molecule has 5 nitrogen and oxygen atoms in total. The SMILES string of the molecule is O=C(c1ccc2c(c1)CCCO2)N1C[C@@H]2NCCO[C@H]2C1. The van der Waals surface area contributed by atoms with Crippen LogP contribution in [0.5, 0.6) is 5.75 Å². The molecular formula is C16H20N2O3. The first-order valence-corrected chi connectivity index (χ1v) is 7.71. The number of amides is 1. The zero-order valence-corrected chi connectivity index (χ0v) is 12.0. The van der Waals surface area contributed by atoms with Gasteiger partial charge in [-0.1, -0.05) is 0 Å². The van der Waals surface area contributed by atoms with E-state index >= 15 is 0 Å². The number of aryl methyl sites for hydroxylation is 1. The van der Waals surface area contributed by atoms with Crippen LogP contribution in [0.15, 0.2) is 18.2 Å². The molecule has 21 heavy (non-hydrogen) atoms. The van der Waals surface area contributed by atoms with Crippen LogP contribution in [0.2, 0.25) is 0 Å². The van der Waals surface area contributed by atoms with Crippen LogP contribution in [0, 0.1) is 0 Å². The number of morpholine rings is 1. The van der Waals surface area contributed by atoms with Crippen molar-refractivity contribution in [2.45, 2.75) is 25.0 Å². The van der Waals surface area contributed by atoms with Gasteiger partial charge in [0.25, 0.3) is 5.91 Å². The molecule has 1 N–H and O–H groups in total. The lowest BCUT2D eigenvalue weighted by Gasteiger charge is -2.25. The number of nitrogens with one attached hydrogen (secondary N) is 1. The minimum atomic E-state index is 0.100. The van der Waals surface area contributed by atoms with Crippen LogP contribution in [0.3, 0.4) is 0 Å². The highest BCUT2D eigenvalue weighted by molar-refractivity contribution is 5.95. The lowest BCUT2D eigenvalue weighted by Crippen LogP contribution is -2.47. The summed E-state index contributed by atoms with van der Waals surface area (Å²) >= 11 is 0. The van der Waals surface area contributed by atoms with Crippen LogP contribution in [-0.4, -0.2) is 55.8 Å². The number of nitrogens with zero attached hydrogens (tertiary/aromatic N) is 1. The maximum atomic E-state index is 12.7. The van der Waals surface area contributed by atoms with Crippen molar-refractivity contribution in [1.82, 2.24) is 10.2 Å². The Labute approximate surface area is 124 Å². The van der Waals surface area contributed by atoms with Gasteiger partial charge >= 0.3 is 0 Å². The minimum absolute atomic E-state index is 0.100. The Morgan fingerprint density at radius 2 is 2.24 bits per heavy atom. The third-order valence-corrected chi connectivity index (χ3v) is 4.55. The Morgan fingerprint density at radius 1 is 1.29 bits per heavy atom. The van der Waals surface area contributed by atoms with E-state index < -0.39 is 0 Å².